The predicted octanol–water partition coefficient (Wildman–Crippen LogP) is 3.02. The Morgan fingerprint density at radius 3 is 2.40 bits per heavy atom. The molecule has 132 valence electrons. The van der Waals surface area contributed by atoms with Crippen molar-refractivity contribution in [2.45, 2.75) is 19.8 Å². The Labute approximate surface area is 148 Å². The Morgan fingerprint density at radius 1 is 1.00 bits per heavy atom. The van der Waals surface area contributed by atoms with Crippen LogP contribution in [0.5, 0.6) is 0 Å². The van der Waals surface area contributed by atoms with E-state index in [4.69, 9.17) is 4.74 Å². The fourth-order valence-corrected chi connectivity index (χ4v) is 2.37. The van der Waals surface area contributed by atoms with E-state index in [-0.39, 0.29) is 18.4 Å². The van der Waals surface area contributed by atoms with Crippen LogP contribution in [0, 0.1) is 0 Å². The lowest BCUT2D eigenvalue weighted by atomic mass is 10.1. The maximum atomic E-state index is 11.9. The van der Waals surface area contributed by atoms with Gasteiger partial charge in [-0.15, -0.1) is 0 Å². The zero-order valence-corrected chi connectivity index (χ0v) is 14.5. The molecule has 0 aliphatic rings. The number of carbonyl (C=O) groups is 2. The minimum atomic E-state index is -0.361. The van der Waals surface area contributed by atoms with Gasteiger partial charge in [-0.25, -0.2) is 4.79 Å². The van der Waals surface area contributed by atoms with Crippen LogP contribution in [-0.4, -0.2) is 31.6 Å². The Bertz CT molecular complexity index is 669. The summed E-state index contributed by atoms with van der Waals surface area (Å²) in [5.41, 5.74) is 2.43. The van der Waals surface area contributed by atoms with Crippen molar-refractivity contribution in [1.82, 2.24) is 5.32 Å². The van der Waals surface area contributed by atoms with Crippen LogP contribution < -0.4 is 10.6 Å². The molecule has 0 aliphatic carbocycles. The van der Waals surface area contributed by atoms with Gasteiger partial charge in [0.25, 0.3) is 0 Å². The number of aryl methyl sites for hydroxylation is 1. The molecular weight excluding hydrogens is 316 g/mol. The molecule has 0 saturated heterocycles. The maximum Gasteiger partial charge on any atom is 0.338 e. The van der Waals surface area contributed by atoms with Gasteiger partial charge in [0.15, 0.2) is 0 Å². The second-order valence-corrected chi connectivity index (χ2v) is 5.61. The lowest BCUT2D eigenvalue weighted by Crippen LogP contribution is -2.29. The van der Waals surface area contributed by atoms with Crippen molar-refractivity contribution in [1.29, 1.82) is 0 Å². The average Bonchev–Trinajstić information content (AvgIpc) is 2.63. The molecule has 0 saturated carbocycles. The van der Waals surface area contributed by atoms with Crippen molar-refractivity contribution in [3.05, 3.63) is 65.7 Å². The Kier molecular flexibility index (Phi) is 7.66. The van der Waals surface area contributed by atoms with E-state index in [0.29, 0.717) is 17.9 Å². The number of nitrogens with one attached hydrogen (secondary N) is 2. The molecule has 0 aliphatic heterocycles. The van der Waals surface area contributed by atoms with E-state index in [1.807, 2.05) is 18.2 Å². The van der Waals surface area contributed by atoms with E-state index in [9.17, 15) is 9.59 Å². The summed E-state index contributed by atoms with van der Waals surface area (Å²) < 4.78 is 4.92. The zero-order chi connectivity index (χ0) is 17.9. The minimum Gasteiger partial charge on any atom is -0.462 e. The molecule has 0 spiro atoms. The van der Waals surface area contributed by atoms with Gasteiger partial charge in [0, 0.05) is 5.69 Å². The van der Waals surface area contributed by atoms with Crippen LogP contribution in [-0.2, 0) is 16.0 Å². The Balaban J connectivity index is 1.65. The van der Waals surface area contributed by atoms with Crippen LogP contribution in [0.25, 0.3) is 0 Å². The first-order valence-corrected chi connectivity index (χ1v) is 8.50. The highest BCUT2D eigenvalue weighted by molar-refractivity contribution is 5.93. The van der Waals surface area contributed by atoms with Crippen molar-refractivity contribution in [2.24, 2.45) is 0 Å². The quantitative estimate of drug-likeness (QED) is 0.544. The monoisotopic (exact) mass is 340 g/mol. The van der Waals surface area contributed by atoms with Gasteiger partial charge in [0.05, 0.1) is 18.7 Å². The molecular formula is C20H24N2O3. The number of esters is 1. The fourth-order valence-electron chi connectivity index (χ4n) is 2.37. The Hall–Kier alpha value is -2.66. The number of benzene rings is 2. The SMILES string of the molecule is CCOC(=O)c1ccc(NC(=O)CNCCCc2ccccc2)cc1. The van der Waals surface area contributed by atoms with Crippen molar-refractivity contribution in [2.75, 3.05) is 25.0 Å². The van der Waals surface area contributed by atoms with Crippen molar-refractivity contribution in [3.63, 3.8) is 0 Å². The number of ether oxygens (including phenoxy) is 1. The summed E-state index contributed by atoms with van der Waals surface area (Å²) in [6.45, 7) is 3.14. The summed E-state index contributed by atoms with van der Waals surface area (Å²) in [6.07, 6.45) is 1.97. The highest BCUT2D eigenvalue weighted by atomic mass is 16.5. The van der Waals surface area contributed by atoms with Crippen molar-refractivity contribution in [3.8, 4) is 0 Å². The molecule has 2 rings (SSSR count). The number of anilines is 1. The summed E-state index contributed by atoms with van der Waals surface area (Å²) >= 11 is 0. The van der Waals surface area contributed by atoms with E-state index >= 15 is 0 Å². The molecule has 0 bridgehead atoms. The molecule has 1 amide bonds. The third kappa shape index (κ3) is 6.77. The topological polar surface area (TPSA) is 67.4 Å². The van der Waals surface area contributed by atoms with Crippen LogP contribution in [0.2, 0.25) is 0 Å². The lowest BCUT2D eigenvalue weighted by Gasteiger charge is -2.08. The van der Waals surface area contributed by atoms with E-state index in [0.717, 1.165) is 19.4 Å². The lowest BCUT2D eigenvalue weighted by molar-refractivity contribution is -0.115. The second-order valence-electron chi connectivity index (χ2n) is 5.61. The number of carbonyl (C=O) groups excluding carboxylic acids is 2. The van der Waals surface area contributed by atoms with E-state index in [2.05, 4.69) is 22.8 Å². The fraction of sp³-hybridized carbons (Fsp3) is 0.300. The van der Waals surface area contributed by atoms with Crippen LogP contribution in [0.1, 0.15) is 29.3 Å². The molecule has 25 heavy (non-hydrogen) atoms. The largest absolute Gasteiger partial charge is 0.462 e. The first kappa shape index (κ1) is 18.7. The average molecular weight is 340 g/mol. The molecule has 5 nitrogen and oxygen atoms in total. The van der Waals surface area contributed by atoms with Crippen LogP contribution in [0.4, 0.5) is 5.69 Å². The molecule has 0 unspecified atom stereocenters. The van der Waals surface area contributed by atoms with Gasteiger partial charge in [-0.2, -0.15) is 0 Å². The molecule has 0 atom stereocenters. The third-order valence-corrected chi connectivity index (χ3v) is 3.63. The molecule has 2 aromatic rings. The number of rotatable bonds is 9. The van der Waals surface area contributed by atoms with E-state index in [1.54, 1.807) is 31.2 Å². The summed E-state index contributed by atoms with van der Waals surface area (Å²) in [6, 6.07) is 16.9. The number of amides is 1. The van der Waals surface area contributed by atoms with Gasteiger partial charge in [-0.3, -0.25) is 4.79 Å². The van der Waals surface area contributed by atoms with Crippen molar-refractivity contribution >= 4 is 17.6 Å². The second kappa shape index (κ2) is 10.3. The van der Waals surface area contributed by atoms with Gasteiger partial charge in [-0.05, 0) is 56.1 Å². The molecule has 0 aromatic heterocycles. The highest BCUT2D eigenvalue weighted by Crippen LogP contribution is 2.10. The first-order chi connectivity index (χ1) is 12.2. The summed E-state index contributed by atoms with van der Waals surface area (Å²) in [5, 5.41) is 5.93. The molecule has 0 radical (unpaired) electrons. The maximum absolute atomic E-state index is 11.9. The van der Waals surface area contributed by atoms with Gasteiger partial charge in [-0.1, -0.05) is 30.3 Å². The van der Waals surface area contributed by atoms with Gasteiger partial charge in [0.1, 0.15) is 0 Å². The minimum absolute atomic E-state index is 0.108. The smallest absolute Gasteiger partial charge is 0.338 e. The third-order valence-electron chi connectivity index (χ3n) is 3.63. The van der Waals surface area contributed by atoms with E-state index in [1.165, 1.54) is 5.56 Å². The zero-order valence-electron chi connectivity index (χ0n) is 14.5. The first-order valence-electron chi connectivity index (χ1n) is 8.50. The highest BCUT2D eigenvalue weighted by Gasteiger charge is 2.07. The van der Waals surface area contributed by atoms with Crippen LogP contribution in [0.15, 0.2) is 54.6 Å². The van der Waals surface area contributed by atoms with E-state index < -0.39 is 0 Å². The standard InChI is InChI=1S/C20H24N2O3/c1-2-25-20(24)17-10-12-18(13-11-17)22-19(23)15-21-14-6-9-16-7-4-3-5-8-16/h3-5,7-8,10-13,21H,2,6,9,14-15H2,1H3,(H,22,23). The normalized spacial score (nSPS) is 10.3. The molecule has 2 N–H and O–H groups in total. The van der Waals surface area contributed by atoms with Crippen LogP contribution >= 0.6 is 0 Å². The molecule has 2 aromatic carbocycles. The van der Waals surface area contributed by atoms with Crippen molar-refractivity contribution < 1.29 is 14.3 Å². The van der Waals surface area contributed by atoms with Crippen LogP contribution in [0.3, 0.4) is 0 Å². The predicted molar refractivity (Wildman–Crippen MR) is 98.7 cm³/mol. The summed E-state index contributed by atoms with van der Waals surface area (Å²) in [4.78, 5) is 23.5. The summed E-state index contributed by atoms with van der Waals surface area (Å²) in [7, 11) is 0. The molecule has 5 heteroatoms. The molecule has 0 fully saturated rings. The van der Waals surface area contributed by atoms with Gasteiger partial charge in [0.2, 0.25) is 5.91 Å². The Morgan fingerprint density at radius 2 is 1.72 bits per heavy atom. The molecule has 0 heterocycles. The van der Waals surface area contributed by atoms with Gasteiger partial charge >= 0.3 is 5.97 Å². The van der Waals surface area contributed by atoms with Gasteiger partial charge < -0.3 is 15.4 Å². The number of hydrogen-bond donors (Lipinski definition) is 2. The summed E-state index contributed by atoms with van der Waals surface area (Å²) in [5.74, 6) is -0.468. The number of hydrogen-bond acceptors (Lipinski definition) is 4.